The van der Waals surface area contributed by atoms with Gasteiger partial charge in [0.15, 0.2) is 0 Å². The molecule has 0 aromatic carbocycles. The van der Waals surface area contributed by atoms with Crippen LogP contribution in [0, 0.1) is 11.8 Å². The van der Waals surface area contributed by atoms with E-state index in [4.69, 9.17) is 5.11 Å². The summed E-state index contributed by atoms with van der Waals surface area (Å²) in [5.74, 6) is 5.43. The van der Waals surface area contributed by atoms with Gasteiger partial charge in [-0.1, -0.05) is 11.8 Å². The summed E-state index contributed by atoms with van der Waals surface area (Å²) in [4.78, 5) is 10.6. The molecular formula is C9H8O2S2. The largest absolute Gasteiger partial charge is 0.478 e. The van der Waals surface area contributed by atoms with Crippen LogP contribution in [0.4, 0.5) is 0 Å². The molecule has 0 amide bonds. The molecule has 1 rings (SSSR count). The predicted molar refractivity (Wildman–Crippen MR) is 56.6 cm³/mol. The maximum absolute atomic E-state index is 10.6. The van der Waals surface area contributed by atoms with Gasteiger partial charge in [0.25, 0.3) is 0 Å². The van der Waals surface area contributed by atoms with Crippen LogP contribution in [-0.4, -0.2) is 16.8 Å². The molecule has 13 heavy (non-hydrogen) atoms. The van der Waals surface area contributed by atoms with E-state index in [1.807, 2.05) is 0 Å². The van der Waals surface area contributed by atoms with Gasteiger partial charge in [-0.2, -0.15) is 24.0 Å². The highest BCUT2D eigenvalue weighted by Crippen LogP contribution is 2.13. The van der Waals surface area contributed by atoms with Crippen LogP contribution in [0.3, 0.4) is 0 Å². The Bertz CT molecular complexity index is 357. The lowest BCUT2D eigenvalue weighted by atomic mass is 10.2. The van der Waals surface area contributed by atoms with Crippen LogP contribution in [0.2, 0.25) is 0 Å². The number of hydrogen-bond donors (Lipinski definition) is 2. The molecule has 0 bridgehead atoms. The van der Waals surface area contributed by atoms with Gasteiger partial charge in [-0.3, -0.25) is 0 Å². The van der Waals surface area contributed by atoms with Crippen molar-refractivity contribution in [2.75, 3.05) is 5.75 Å². The fourth-order valence-corrected chi connectivity index (χ4v) is 1.64. The molecule has 0 unspecified atom stereocenters. The zero-order chi connectivity index (χ0) is 9.68. The van der Waals surface area contributed by atoms with E-state index in [9.17, 15) is 4.79 Å². The first kappa shape index (κ1) is 10.2. The van der Waals surface area contributed by atoms with Gasteiger partial charge in [-0.25, -0.2) is 4.79 Å². The van der Waals surface area contributed by atoms with E-state index in [1.54, 1.807) is 10.8 Å². The standard InChI is InChI=1S/C9H8O2S2/c10-9(11)8-6-13-5-7(8)3-1-2-4-12/h5-6,12H,2,4H2,(H,10,11). The Morgan fingerprint density at radius 1 is 1.62 bits per heavy atom. The summed E-state index contributed by atoms with van der Waals surface area (Å²) in [6, 6.07) is 0. The number of thiophene rings is 1. The molecule has 0 aliphatic heterocycles. The minimum Gasteiger partial charge on any atom is -0.478 e. The van der Waals surface area contributed by atoms with Crippen LogP contribution < -0.4 is 0 Å². The molecule has 1 aromatic rings. The van der Waals surface area contributed by atoms with Crippen LogP contribution in [0.5, 0.6) is 0 Å². The van der Waals surface area contributed by atoms with Crippen molar-refractivity contribution < 1.29 is 9.90 Å². The van der Waals surface area contributed by atoms with E-state index in [1.165, 1.54) is 11.3 Å². The molecule has 0 aliphatic carbocycles. The first-order valence-electron chi connectivity index (χ1n) is 3.65. The molecule has 1 N–H and O–H groups in total. The lowest BCUT2D eigenvalue weighted by Gasteiger charge is -1.87. The zero-order valence-corrected chi connectivity index (χ0v) is 8.49. The lowest BCUT2D eigenvalue weighted by molar-refractivity contribution is 0.0697. The molecular weight excluding hydrogens is 204 g/mol. The summed E-state index contributed by atoms with van der Waals surface area (Å²) in [5.41, 5.74) is 0.885. The fraction of sp³-hybridized carbons (Fsp3) is 0.222. The molecule has 0 atom stereocenters. The average molecular weight is 212 g/mol. The molecule has 0 saturated carbocycles. The number of carboxylic acids is 1. The molecule has 0 spiro atoms. The van der Waals surface area contributed by atoms with Gasteiger partial charge in [0, 0.05) is 28.5 Å². The van der Waals surface area contributed by atoms with Gasteiger partial charge >= 0.3 is 5.97 Å². The monoisotopic (exact) mass is 212 g/mol. The molecule has 68 valence electrons. The minimum atomic E-state index is -0.920. The second-order valence-corrected chi connectivity index (χ2v) is 3.47. The van der Waals surface area contributed by atoms with Crippen molar-refractivity contribution in [2.45, 2.75) is 6.42 Å². The minimum absolute atomic E-state index is 0.289. The Balaban J connectivity index is 2.84. The van der Waals surface area contributed by atoms with Crippen LogP contribution in [0.25, 0.3) is 0 Å². The molecule has 1 heterocycles. The number of carboxylic acid groups (broad SMARTS) is 1. The van der Waals surface area contributed by atoms with E-state index in [-0.39, 0.29) is 5.56 Å². The van der Waals surface area contributed by atoms with Crippen molar-refractivity contribution in [1.82, 2.24) is 0 Å². The topological polar surface area (TPSA) is 37.3 Å². The molecule has 2 nitrogen and oxygen atoms in total. The Morgan fingerprint density at radius 3 is 3.00 bits per heavy atom. The van der Waals surface area contributed by atoms with Crippen molar-refractivity contribution in [3.05, 3.63) is 21.9 Å². The first-order valence-corrected chi connectivity index (χ1v) is 5.22. The third kappa shape index (κ3) is 2.79. The Labute approximate surface area is 86.0 Å². The zero-order valence-electron chi connectivity index (χ0n) is 6.78. The number of thiol groups is 1. The van der Waals surface area contributed by atoms with Gasteiger partial charge in [-0.05, 0) is 0 Å². The lowest BCUT2D eigenvalue weighted by Crippen LogP contribution is -1.95. The summed E-state index contributed by atoms with van der Waals surface area (Å²) in [6.07, 6.45) is 0.679. The maximum atomic E-state index is 10.6. The summed E-state index contributed by atoms with van der Waals surface area (Å²) in [5, 5.41) is 12.1. The van der Waals surface area contributed by atoms with Gasteiger partial charge in [-0.15, -0.1) is 0 Å². The first-order chi connectivity index (χ1) is 6.25. The Morgan fingerprint density at radius 2 is 2.38 bits per heavy atom. The molecule has 0 aliphatic rings. The number of hydrogen-bond acceptors (Lipinski definition) is 3. The number of aromatic carboxylic acids is 1. The molecule has 4 heteroatoms. The number of rotatable bonds is 2. The normalized spacial score (nSPS) is 9.00. The third-order valence-electron chi connectivity index (χ3n) is 1.35. The van der Waals surface area contributed by atoms with Crippen LogP contribution in [0.15, 0.2) is 10.8 Å². The molecule has 0 saturated heterocycles. The van der Waals surface area contributed by atoms with Gasteiger partial charge in [0.2, 0.25) is 0 Å². The highest BCUT2D eigenvalue weighted by Gasteiger charge is 2.08. The van der Waals surface area contributed by atoms with Gasteiger partial charge < -0.3 is 5.11 Å². The Hall–Kier alpha value is -0.920. The van der Waals surface area contributed by atoms with Crippen molar-refractivity contribution >= 4 is 29.9 Å². The van der Waals surface area contributed by atoms with E-state index < -0.39 is 5.97 Å². The van der Waals surface area contributed by atoms with Crippen LogP contribution in [-0.2, 0) is 0 Å². The summed E-state index contributed by atoms with van der Waals surface area (Å²) >= 11 is 5.35. The second-order valence-electron chi connectivity index (χ2n) is 2.28. The SMILES string of the molecule is O=C(O)c1cscc1C#CCCS. The highest BCUT2D eigenvalue weighted by atomic mass is 32.1. The molecule has 1 aromatic heterocycles. The van der Waals surface area contributed by atoms with E-state index in [0.717, 1.165) is 0 Å². The van der Waals surface area contributed by atoms with Crippen molar-refractivity contribution in [1.29, 1.82) is 0 Å². The quantitative estimate of drug-likeness (QED) is 0.582. The van der Waals surface area contributed by atoms with Crippen LogP contribution >= 0.6 is 24.0 Å². The fourth-order valence-electron chi connectivity index (χ4n) is 0.773. The number of carbonyl (C=O) groups is 1. The summed E-state index contributed by atoms with van der Waals surface area (Å²) < 4.78 is 0. The van der Waals surface area contributed by atoms with Crippen molar-refractivity contribution in [3.63, 3.8) is 0 Å². The smallest absolute Gasteiger partial charge is 0.337 e. The van der Waals surface area contributed by atoms with E-state index in [2.05, 4.69) is 24.5 Å². The molecule has 0 fully saturated rings. The van der Waals surface area contributed by atoms with E-state index in [0.29, 0.717) is 17.7 Å². The van der Waals surface area contributed by atoms with Gasteiger partial charge in [0.05, 0.1) is 5.56 Å². The van der Waals surface area contributed by atoms with E-state index >= 15 is 0 Å². The summed E-state index contributed by atoms with van der Waals surface area (Å²) in [7, 11) is 0. The average Bonchev–Trinajstić information content (AvgIpc) is 2.53. The van der Waals surface area contributed by atoms with Gasteiger partial charge in [0.1, 0.15) is 0 Å². The molecule has 0 radical (unpaired) electrons. The van der Waals surface area contributed by atoms with Crippen molar-refractivity contribution in [2.24, 2.45) is 0 Å². The predicted octanol–water partition coefficient (Wildman–Crippen LogP) is 2.12. The van der Waals surface area contributed by atoms with Crippen LogP contribution in [0.1, 0.15) is 22.3 Å². The summed E-state index contributed by atoms with van der Waals surface area (Å²) in [6.45, 7) is 0. The maximum Gasteiger partial charge on any atom is 0.337 e. The van der Waals surface area contributed by atoms with Crippen molar-refractivity contribution in [3.8, 4) is 11.8 Å². The third-order valence-corrected chi connectivity index (χ3v) is 2.32. The Kier molecular flexibility index (Phi) is 3.87. The highest BCUT2D eigenvalue weighted by molar-refractivity contribution is 7.80. The second kappa shape index (κ2) is 4.95.